The van der Waals surface area contributed by atoms with Crippen molar-refractivity contribution in [2.75, 3.05) is 45.4 Å². The van der Waals surface area contributed by atoms with Gasteiger partial charge in [0.15, 0.2) is 0 Å². The molecule has 0 aliphatic carbocycles. The number of carbonyl (C=O) groups is 2. The van der Waals surface area contributed by atoms with Crippen molar-refractivity contribution in [2.24, 2.45) is 5.92 Å². The fourth-order valence-corrected chi connectivity index (χ4v) is 2.74. The van der Waals surface area contributed by atoms with E-state index in [0.717, 1.165) is 25.1 Å². The summed E-state index contributed by atoms with van der Waals surface area (Å²) in [5, 5.41) is 0. The molecule has 0 spiro atoms. The first-order chi connectivity index (χ1) is 8.69. The molecule has 1 fully saturated rings. The number of likely N-dealkylation sites (tertiary alicyclic amines) is 1. The molecular formula is C12H21NO4S. The molecule has 0 aromatic carbocycles. The van der Waals surface area contributed by atoms with Crippen LogP contribution in [0.25, 0.3) is 0 Å². The van der Waals surface area contributed by atoms with Crippen LogP contribution in [0.1, 0.15) is 12.8 Å². The number of esters is 1. The molecule has 1 heterocycles. The van der Waals surface area contributed by atoms with E-state index < -0.39 is 0 Å². The van der Waals surface area contributed by atoms with Gasteiger partial charge >= 0.3 is 5.97 Å². The Morgan fingerprint density at radius 1 is 1.39 bits per heavy atom. The Balaban J connectivity index is 2.31. The van der Waals surface area contributed by atoms with Gasteiger partial charge in [0.1, 0.15) is 0 Å². The fourth-order valence-electron chi connectivity index (χ4n) is 1.96. The van der Waals surface area contributed by atoms with Crippen LogP contribution in [-0.4, -0.2) is 62.2 Å². The second kappa shape index (κ2) is 8.37. The first-order valence-electron chi connectivity index (χ1n) is 6.11. The maximum atomic E-state index is 11.9. The molecule has 0 N–H and O–H groups in total. The van der Waals surface area contributed by atoms with E-state index in [9.17, 15) is 9.59 Å². The molecule has 1 amide bonds. The largest absolute Gasteiger partial charge is 0.469 e. The summed E-state index contributed by atoms with van der Waals surface area (Å²) in [6.45, 7) is 1.90. The number of hydrogen-bond acceptors (Lipinski definition) is 5. The highest BCUT2D eigenvalue weighted by molar-refractivity contribution is 7.99. The molecule has 1 aliphatic rings. The van der Waals surface area contributed by atoms with Gasteiger partial charge in [-0.15, -0.1) is 11.8 Å². The summed E-state index contributed by atoms with van der Waals surface area (Å²) in [6.07, 6.45) is 1.68. The summed E-state index contributed by atoms with van der Waals surface area (Å²) in [5.74, 6) is 1.01. The van der Waals surface area contributed by atoms with Gasteiger partial charge in [-0.2, -0.15) is 0 Å². The van der Waals surface area contributed by atoms with E-state index in [1.807, 2.05) is 0 Å². The van der Waals surface area contributed by atoms with Gasteiger partial charge in [0, 0.05) is 26.0 Å². The lowest BCUT2D eigenvalue weighted by molar-refractivity contribution is -0.148. The highest BCUT2D eigenvalue weighted by atomic mass is 32.2. The monoisotopic (exact) mass is 275 g/mol. The Kier molecular flexibility index (Phi) is 7.12. The first-order valence-corrected chi connectivity index (χ1v) is 7.26. The Morgan fingerprint density at radius 2 is 2.17 bits per heavy atom. The SMILES string of the molecule is COCCSCC(=O)N1CCCC(C(=O)OC)C1. The van der Waals surface area contributed by atoms with E-state index >= 15 is 0 Å². The third kappa shape index (κ3) is 4.86. The number of nitrogens with zero attached hydrogens (tertiary/aromatic N) is 1. The van der Waals surface area contributed by atoms with Crippen LogP contribution in [0, 0.1) is 5.92 Å². The van der Waals surface area contributed by atoms with Crippen molar-refractivity contribution in [3.05, 3.63) is 0 Å². The smallest absolute Gasteiger partial charge is 0.310 e. The first kappa shape index (κ1) is 15.3. The van der Waals surface area contributed by atoms with Crippen LogP contribution in [0.5, 0.6) is 0 Å². The van der Waals surface area contributed by atoms with Crippen LogP contribution in [0.3, 0.4) is 0 Å². The van der Waals surface area contributed by atoms with Gasteiger partial charge in [-0.05, 0) is 12.8 Å². The molecular weight excluding hydrogens is 254 g/mol. The van der Waals surface area contributed by atoms with Crippen LogP contribution in [-0.2, 0) is 19.1 Å². The van der Waals surface area contributed by atoms with E-state index in [4.69, 9.17) is 9.47 Å². The second-order valence-electron chi connectivity index (χ2n) is 4.25. The van der Waals surface area contributed by atoms with Crippen LogP contribution in [0.15, 0.2) is 0 Å². The molecule has 0 saturated carbocycles. The van der Waals surface area contributed by atoms with E-state index in [2.05, 4.69) is 0 Å². The Morgan fingerprint density at radius 3 is 2.83 bits per heavy atom. The minimum Gasteiger partial charge on any atom is -0.469 e. The maximum Gasteiger partial charge on any atom is 0.310 e. The highest BCUT2D eigenvalue weighted by Gasteiger charge is 2.28. The Labute approximate surface area is 112 Å². The average molecular weight is 275 g/mol. The number of rotatable bonds is 6. The van der Waals surface area contributed by atoms with Crippen molar-refractivity contribution in [3.8, 4) is 0 Å². The van der Waals surface area contributed by atoms with E-state index in [0.29, 0.717) is 18.9 Å². The standard InChI is InChI=1S/C12H21NO4S/c1-16-6-7-18-9-11(14)13-5-3-4-10(8-13)12(15)17-2/h10H,3-9H2,1-2H3. The topological polar surface area (TPSA) is 55.8 Å². The van der Waals surface area contributed by atoms with Gasteiger partial charge in [-0.3, -0.25) is 9.59 Å². The number of methoxy groups -OCH3 is 2. The minimum atomic E-state index is -0.209. The van der Waals surface area contributed by atoms with Gasteiger partial charge in [-0.1, -0.05) is 0 Å². The lowest BCUT2D eigenvalue weighted by atomic mass is 9.98. The second-order valence-corrected chi connectivity index (χ2v) is 5.35. The minimum absolute atomic E-state index is 0.102. The summed E-state index contributed by atoms with van der Waals surface area (Å²) < 4.78 is 9.66. The summed E-state index contributed by atoms with van der Waals surface area (Å²) in [6, 6.07) is 0. The van der Waals surface area contributed by atoms with Crippen molar-refractivity contribution < 1.29 is 19.1 Å². The molecule has 1 atom stereocenters. The third-order valence-corrected chi connectivity index (χ3v) is 3.87. The van der Waals surface area contributed by atoms with Gasteiger partial charge in [0.2, 0.25) is 5.91 Å². The summed E-state index contributed by atoms with van der Waals surface area (Å²) in [4.78, 5) is 25.2. The quantitative estimate of drug-likeness (QED) is 0.529. The summed E-state index contributed by atoms with van der Waals surface area (Å²) in [5.41, 5.74) is 0. The van der Waals surface area contributed by atoms with Gasteiger partial charge < -0.3 is 14.4 Å². The molecule has 0 bridgehead atoms. The third-order valence-electron chi connectivity index (χ3n) is 2.97. The van der Waals surface area contributed by atoms with Crippen molar-refractivity contribution in [1.29, 1.82) is 0 Å². The lowest BCUT2D eigenvalue weighted by Gasteiger charge is -2.31. The normalized spacial score (nSPS) is 19.7. The maximum absolute atomic E-state index is 11.9. The molecule has 1 unspecified atom stereocenters. The number of ether oxygens (including phenoxy) is 2. The molecule has 1 saturated heterocycles. The molecule has 6 heteroatoms. The van der Waals surface area contributed by atoms with Crippen molar-refractivity contribution in [2.45, 2.75) is 12.8 Å². The molecule has 104 valence electrons. The van der Waals surface area contributed by atoms with Crippen molar-refractivity contribution >= 4 is 23.6 Å². The lowest BCUT2D eigenvalue weighted by Crippen LogP contribution is -2.43. The molecule has 1 aliphatic heterocycles. The molecule has 1 rings (SSSR count). The van der Waals surface area contributed by atoms with Crippen LogP contribution < -0.4 is 0 Å². The van der Waals surface area contributed by atoms with Crippen molar-refractivity contribution in [1.82, 2.24) is 4.90 Å². The Bertz CT molecular complexity index is 285. The number of piperidine rings is 1. The predicted molar refractivity (Wildman–Crippen MR) is 70.5 cm³/mol. The Hall–Kier alpha value is -0.750. The van der Waals surface area contributed by atoms with Crippen molar-refractivity contribution in [3.63, 3.8) is 0 Å². The summed E-state index contributed by atoms with van der Waals surface area (Å²) in [7, 11) is 3.04. The molecule has 18 heavy (non-hydrogen) atoms. The van der Waals surface area contributed by atoms with Crippen LogP contribution in [0.2, 0.25) is 0 Å². The fraction of sp³-hybridized carbons (Fsp3) is 0.833. The highest BCUT2D eigenvalue weighted by Crippen LogP contribution is 2.18. The van der Waals surface area contributed by atoms with Gasteiger partial charge in [0.25, 0.3) is 0 Å². The van der Waals surface area contributed by atoms with E-state index in [1.165, 1.54) is 7.11 Å². The van der Waals surface area contributed by atoms with E-state index in [1.54, 1.807) is 23.8 Å². The number of hydrogen-bond donors (Lipinski definition) is 0. The average Bonchev–Trinajstić information content (AvgIpc) is 2.42. The van der Waals surface area contributed by atoms with E-state index in [-0.39, 0.29) is 17.8 Å². The zero-order valence-electron chi connectivity index (χ0n) is 11.0. The number of thioether (sulfide) groups is 1. The molecule has 0 aromatic rings. The molecule has 5 nitrogen and oxygen atoms in total. The number of amides is 1. The summed E-state index contributed by atoms with van der Waals surface area (Å²) >= 11 is 1.56. The van der Waals surface area contributed by atoms with Crippen LogP contribution in [0.4, 0.5) is 0 Å². The van der Waals surface area contributed by atoms with Gasteiger partial charge in [0.05, 0.1) is 25.4 Å². The predicted octanol–water partition coefficient (Wildman–Crippen LogP) is 0.778. The zero-order chi connectivity index (χ0) is 13.4. The molecule has 0 aromatic heterocycles. The zero-order valence-corrected chi connectivity index (χ0v) is 11.8. The van der Waals surface area contributed by atoms with Crippen LogP contribution >= 0.6 is 11.8 Å². The molecule has 0 radical (unpaired) electrons. The number of carbonyl (C=O) groups excluding carboxylic acids is 2. The van der Waals surface area contributed by atoms with Gasteiger partial charge in [-0.25, -0.2) is 0 Å².